The van der Waals surface area contributed by atoms with E-state index < -0.39 is 0 Å². The number of piperidine rings is 2. The predicted molar refractivity (Wildman–Crippen MR) is 137 cm³/mol. The fraction of sp³-hybridized carbons (Fsp3) is 0.724. The summed E-state index contributed by atoms with van der Waals surface area (Å²) in [5, 5.41) is 0. The molecule has 3 heterocycles. The van der Waals surface area contributed by atoms with Crippen molar-refractivity contribution in [3.05, 3.63) is 35.4 Å². The van der Waals surface area contributed by atoms with Gasteiger partial charge in [0.1, 0.15) is 0 Å². The maximum atomic E-state index is 13.8. The van der Waals surface area contributed by atoms with Gasteiger partial charge in [-0.25, -0.2) is 4.79 Å². The van der Waals surface area contributed by atoms with E-state index >= 15 is 0 Å². The van der Waals surface area contributed by atoms with Crippen LogP contribution in [0.25, 0.3) is 0 Å². The fourth-order valence-electron chi connectivity index (χ4n) is 7.33. The van der Waals surface area contributed by atoms with Crippen molar-refractivity contribution in [3.63, 3.8) is 0 Å². The molecular weight excluding hydrogens is 438 g/mol. The SMILES string of the molecule is CCOC(=O)N1CCC(N2CCC3(CC2)CN(C(=O)C2(C)CCCCC2)Cc2ccccc23)CC1. The lowest BCUT2D eigenvalue weighted by Gasteiger charge is -2.52. The molecular formula is C29H43N3O3. The van der Waals surface area contributed by atoms with E-state index in [1.165, 1.54) is 30.4 Å². The first kappa shape index (κ1) is 24.6. The number of rotatable bonds is 3. The molecule has 0 N–H and O–H groups in total. The van der Waals surface area contributed by atoms with Crippen molar-refractivity contribution < 1.29 is 14.3 Å². The van der Waals surface area contributed by atoms with E-state index in [9.17, 15) is 9.59 Å². The van der Waals surface area contributed by atoms with Crippen LogP contribution in [0.5, 0.6) is 0 Å². The summed E-state index contributed by atoms with van der Waals surface area (Å²) in [5.41, 5.74) is 2.72. The lowest BCUT2D eigenvalue weighted by atomic mass is 9.67. The van der Waals surface area contributed by atoms with Crippen LogP contribution in [0.2, 0.25) is 0 Å². The Balaban J connectivity index is 1.27. The highest BCUT2D eigenvalue weighted by atomic mass is 16.6. The molecule has 0 radical (unpaired) electrons. The number of carbonyl (C=O) groups excluding carboxylic acids is 2. The molecule has 0 unspecified atom stereocenters. The molecule has 1 saturated carbocycles. The summed E-state index contributed by atoms with van der Waals surface area (Å²) in [5.74, 6) is 0.389. The quantitative estimate of drug-likeness (QED) is 0.613. The van der Waals surface area contributed by atoms with Crippen molar-refractivity contribution in [3.8, 4) is 0 Å². The summed E-state index contributed by atoms with van der Waals surface area (Å²) in [6.45, 7) is 9.86. The second kappa shape index (κ2) is 10.1. The van der Waals surface area contributed by atoms with Crippen LogP contribution in [0, 0.1) is 5.41 Å². The molecule has 6 nitrogen and oxygen atoms in total. The van der Waals surface area contributed by atoms with Crippen LogP contribution in [0.1, 0.15) is 82.8 Å². The zero-order valence-corrected chi connectivity index (χ0v) is 21.8. The molecule has 3 fully saturated rings. The molecule has 1 aromatic rings. The molecule has 1 spiro atoms. The highest BCUT2D eigenvalue weighted by Crippen LogP contribution is 2.45. The number of amides is 2. The molecule has 1 aliphatic carbocycles. The van der Waals surface area contributed by atoms with Gasteiger partial charge < -0.3 is 19.4 Å². The van der Waals surface area contributed by atoms with E-state index in [0.717, 1.165) is 77.8 Å². The smallest absolute Gasteiger partial charge is 0.409 e. The van der Waals surface area contributed by atoms with E-state index in [2.05, 4.69) is 41.0 Å². The molecule has 2 amide bonds. The molecule has 2 saturated heterocycles. The first-order chi connectivity index (χ1) is 16.9. The van der Waals surface area contributed by atoms with E-state index in [1.807, 2.05) is 11.8 Å². The third kappa shape index (κ3) is 4.83. The van der Waals surface area contributed by atoms with Crippen LogP contribution in [0.15, 0.2) is 24.3 Å². The number of benzene rings is 1. The minimum Gasteiger partial charge on any atom is -0.450 e. The number of nitrogens with zero attached hydrogens (tertiary/aromatic N) is 3. The Morgan fingerprint density at radius 3 is 2.31 bits per heavy atom. The van der Waals surface area contributed by atoms with Gasteiger partial charge in [0.25, 0.3) is 0 Å². The highest BCUT2D eigenvalue weighted by molar-refractivity contribution is 5.83. The third-order valence-electron chi connectivity index (χ3n) is 9.47. The van der Waals surface area contributed by atoms with E-state index in [1.54, 1.807) is 0 Å². The van der Waals surface area contributed by atoms with Crippen molar-refractivity contribution >= 4 is 12.0 Å². The van der Waals surface area contributed by atoms with Gasteiger partial charge >= 0.3 is 6.09 Å². The van der Waals surface area contributed by atoms with Crippen molar-refractivity contribution in [2.45, 2.75) is 89.6 Å². The molecule has 3 aliphatic heterocycles. The Hall–Kier alpha value is -2.08. The lowest BCUT2D eigenvalue weighted by Crippen LogP contribution is -2.57. The Kier molecular flexibility index (Phi) is 7.11. The Bertz CT molecular complexity index is 910. The van der Waals surface area contributed by atoms with Gasteiger partial charge in [-0.05, 0) is 69.7 Å². The zero-order chi connectivity index (χ0) is 24.5. The highest BCUT2D eigenvalue weighted by Gasteiger charge is 2.47. The van der Waals surface area contributed by atoms with Crippen LogP contribution < -0.4 is 0 Å². The first-order valence-electron chi connectivity index (χ1n) is 14.0. The van der Waals surface area contributed by atoms with Gasteiger partial charge in [0.2, 0.25) is 5.91 Å². The molecule has 1 aromatic carbocycles. The molecule has 6 heteroatoms. The molecule has 4 aliphatic rings. The van der Waals surface area contributed by atoms with Gasteiger partial charge in [-0.3, -0.25) is 4.79 Å². The summed E-state index contributed by atoms with van der Waals surface area (Å²) in [6, 6.07) is 9.42. The standard InChI is InChI=1S/C29H43N3O3/c1-3-35-27(34)31-17-11-24(12-18-31)30-19-15-29(16-20-30)22-32(21-23-9-5-6-10-25(23)29)26(33)28(2)13-7-4-8-14-28/h5-6,9-10,24H,3-4,7-8,11-22H2,1-2H3. The fourth-order valence-corrected chi connectivity index (χ4v) is 7.33. The molecule has 5 rings (SSSR count). The van der Waals surface area contributed by atoms with Gasteiger partial charge in [0, 0.05) is 43.1 Å². The van der Waals surface area contributed by atoms with Gasteiger partial charge in [0.05, 0.1) is 6.61 Å². The van der Waals surface area contributed by atoms with E-state index in [0.29, 0.717) is 18.6 Å². The Morgan fingerprint density at radius 2 is 1.63 bits per heavy atom. The van der Waals surface area contributed by atoms with Gasteiger partial charge in [-0.2, -0.15) is 0 Å². The van der Waals surface area contributed by atoms with Crippen LogP contribution >= 0.6 is 0 Å². The van der Waals surface area contributed by atoms with Crippen LogP contribution in [0.4, 0.5) is 4.79 Å². The average molecular weight is 482 g/mol. The minimum absolute atomic E-state index is 0.0671. The van der Waals surface area contributed by atoms with Crippen molar-refractivity contribution in [2.24, 2.45) is 5.41 Å². The largest absolute Gasteiger partial charge is 0.450 e. The number of ether oxygens (including phenoxy) is 1. The monoisotopic (exact) mass is 481 g/mol. The summed E-state index contributed by atoms with van der Waals surface area (Å²) < 4.78 is 5.19. The maximum Gasteiger partial charge on any atom is 0.409 e. The topological polar surface area (TPSA) is 53.1 Å². The molecule has 192 valence electrons. The summed E-state index contributed by atoms with van der Waals surface area (Å²) in [7, 11) is 0. The normalized spacial score (nSPS) is 24.7. The number of fused-ring (bicyclic) bond motifs is 2. The summed E-state index contributed by atoms with van der Waals surface area (Å²) >= 11 is 0. The molecule has 35 heavy (non-hydrogen) atoms. The predicted octanol–water partition coefficient (Wildman–Crippen LogP) is 4.95. The minimum atomic E-state index is -0.181. The molecule has 0 bridgehead atoms. The van der Waals surface area contributed by atoms with Crippen LogP contribution in [0.3, 0.4) is 0 Å². The van der Waals surface area contributed by atoms with Gasteiger partial charge in [-0.1, -0.05) is 50.5 Å². The summed E-state index contributed by atoms with van der Waals surface area (Å²) in [4.78, 5) is 32.6. The Morgan fingerprint density at radius 1 is 0.943 bits per heavy atom. The zero-order valence-electron chi connectivity index (χ0n) is 21.8. The lowest BCUT2D eigenvalue weighted by molar-refractivity contribution is -0.146. The number of hydrogen-bond donors (Lipinski definition) is 0. The van der Waals surface area contributed by atoms with E-state index in [4.69, 9.17) is 4.74 Å². The second-order valence-corrected chi connectivity index (χ2v) is 11.7. The average Bonchev–Trinajstić information content (AvgIpc) is 2.89. The van der Waals surface area contributed by atoms with Crippen molar-refractivity contribution in [1.82, 2.24) is 14.7 Å². The van der Waals surface area contributed by atoms with Gasteiger partial charge in [0.15, 0.2) is 0 Å². The maximum absolute atomic E-state index is 13.8. The third-order valence-corrected chi connectivity index (χ3v) is 9.47. The summed E-state index contributed by atoms with van der Waals surface area (Å²) in [6.07, 6.45) is 9.78. The number of carbonyl (C=O) groups is 2. The van der Waals surface area contributed by atoms with Gasteiger partial charge in [-0.15, -0.1) is 0 Å². The molecule has 0 atom stereocenters. The van der Waals surface area contributed by atoms with Crippen LogP contribution in [-0.2, 0) is 21.5 Å². The van der Waals surface area contributed by atoms with Crippen LogP contribution in [-0.4, -0.2) is 72.1 Å². The number of hydrogen-bond acceptors (Lipinski definition) is 4. The van der Waals surface area contributed by atoms with Crippen molar-refractivity contribution in [1.29, 1.82) is 0 Å². The molecule has 0 aromatic heterocycles. The Labute approximate surface area is 211 Å². The van der Waals surface area contributed by atoms with Crippen molar-refractivity contribution in [2.75, 3.05) is 39.3 Å². The second-order valence-electron chi connectivity index (χ2n) is 11.7. The number of likely N-dealkylation sites (tertiary alicyclic amines) is 2. The first-order valence-corrected chi connectivity index (χ1v) is 14.0. The van der Waals surface area contributed by atoms with E-state index in [-0.39, 0.29) is 16.9 Å².